The first kappa shape index (κ1) is 26.0. The van der Waals surface area contributed by atoms with Gasteiger partial charge in [-0.2, -0.15) is 0 Å². The van der Waals surface area contributed by atoms with E-state index in [0.29, 0.717) is 0 Å². The van der Waals surface area contributed by atoms with E-state index in [-0.39, 0.29) is 26.4 Å². The summed E-state index contributed by atoms with van der Waals surface area (Å²) in [7, 11) is 0. The predicted molar refractivity (Wildman–Crippen MR) is 133 cm³/mol. The third kappa shape index (κ3) is 7.46. The quantitative estimate of drug-likeness (QED) is 0.405. The van der Waals surface area contributed by atoms with Crippen LogP contribution in [0.25, 0.3) is 0 Å². The molecule has 3 aromatic carbocycles. The topological polar surface area (TPSA) is 83.5 Å². The second-order valence-electron chi connectivity index (χ2n) is 8.65. The van der Waals surface area contributed by atoms with Gasteiger partial charge in [-0.05, 0) is 16.7 Å². The maximum atomic E-state index is 11.5. The monoisotopic (exact) mass is 492 g/mol. The summed E-state index contributed by atoms with van der Waals surface area (Å²) >= 11 is 0. The van der Waals surface area contributed by atoms with Crippen molar-refractivity contribution in [1.29, 1.82) is 0 Å². The molecule has 0 aliphatic carbocycles. The Morgan fingerprint density at radius 1 is 0.694 bits per heavy atom. The standard InChI is InChI=1S/C29H32O7/c1-21(30)32-20-25-26(33-17-22-11-5-2-6-12-22)27(34-18-23-13-7-3-8-14-23)28(29(31)36-25)35-19-24-15-9-4-10-16-24/h2-16,25-29,31H,17-20H2,1H3/t25?,26-,27-,28?,29+/m1/s1. The van der Waals surface area contributed by atoms with Crippen LogP contribution in [0.4, 0.5) is 0 Å². The van der Waals surface area contributed by atoms with Crippen LogP contribution < -0.4 is 0 Å². The summed E-state index contributed by atoms with van der Waals surface area (Å²) in [5.74, 6) is -0.445. The molecule has 0 amide bonds. The van der Waals surface area contributed by atoms with Gasteiger partial charge in [-0.25, -0.2) is 0 Å². The molecule has 7 nitrogen and oxygen atoms in total. The summed E-state index contributed by atoms with van der Waals surface area (Å²) in [5.41, 5.74) is 2.90. The number of hydrogen-bond acceptors (Lipinski definition) is 7. The van der Waals surface area contributed by atoms with E-state index < -0.39 is 36.7 Å². The Morgan fingerprint density at radius 2 is 1.11 bits per heavy atom. The number of carbonyl (C=O) groups excluding carboxylic acids is 1. The first-order chi connectivity index (χ1) is 17.6. The number of hydrogen-bond donors (Lipinski definition) is 1. The Bertz CT molecular complexity index is 1040. The number of aliphatic hydroxyl groups is 1. The molecule has 0 aromatic heterocycles. The molecule has 190 valence electrons. The Morgan fingerprint density at radius 3 is 1.56 bits per heavy atom. The Labute approximate surface area is 211 Å². The lowest BCUT2D eigenvalue weighted by molar-refractivity contribution is -0.315. The van der Waals surface area contributed by atoms with Crippen molar-refractivity contribution in [2.75, 3.05) is 6.61 Å². The van der Waals surface area contributed by atoms with E-state index in [1.807, 2.05) is 91.0 Å². The smallest absolute Gasteiger partial charge is 0.302 e. The van der Waals surface area contributed by atoms with Crippen LogP contribution in [0.3, 0.4) is 0 Å². The summed E-state index contributed by atoms with van der Waals surface area (Å²) in [6.07, 6.45) is -4.24. The number of benzene rings is 3. The van der Waals surface area contributed by atoms with Crippen LogP contribution in [0.2, 0.25) is 0 Å². The molecule has 5 atom stereocenters. The molecular formula is C29H32O7. The van der Waals surface area contributed by atoms with Crippen molar-refractivity contribution in [2.24, 2.45) is 0 Å². The highest BCUT2D eigenvalue weighted by Gasteiger charge is 2.48. The summed E-state index contributed by atoms with van der Waals surface area (Å²) < 4.78 is 29.9. The lowest BCUT2D eigenvalue weighted by Gasteiger charge is -2.44. The fraction of sp³-hybridized carbons (Fsp3) is 0.345. The van der Waals surface area contributed by atoms with Gasteiger partial charge in [-0.1, -0.05) is 91.0 Å². The van der Waals surface area contributed by atoms with E-state index in [4.69, 9.17) is 23.7 Å². The van der Waals surface area contributed by atoms with Crippen molar-refractivity contribution in [3.05, 3.63) is 108 Å². The minimum absolute atomic E-state index is 0.0809. The predicted octanol–water partition coefficient (Wildman–Crippen LogP) is 4.02. The molecule has 4 rings (SSSR count). The second-order valence-corrected chi connectivity index (χ2v) is 8.65. The SMILES string of the molecule is CC(=O)OCC1O[C@H](O)C(OCc2ccccc2)[C@H](OCc2ccccc2)[C@@H]1OCc1ccccc1. The van der Waals surface area contributed by atoms with Gasteiger partial charge in [0.05, 0.1) is 19.8 Å². The normalized spacial score (nSPS) is 23.8. The van der Waals surface area contributed by atoms with E-state index in [0.717, 1.165) is 16.7 Å². The molecule has 2 unspecified atom stereocenters. The first-order valence-electron chi connectivity index (χ1n) is 12.0. The highest BCUT2D eigenvalue weighted by Crippen LogP contribution is 2.30. The number of esters is 1. The fourth-order valence-electron chi connectivity index (χ4n) is 4.10. The molecule has 3 aromatic rings. The van der Waals surface area contributed by atoms with Crippen molar-refractivity contribution >= 4 is 5.97 Å². The zero-order valence-electron chi connectivity index (χ0n) is 20.3. The molecule has 1 aliphatic rings. The molecule has 7 heteroatoms. The number of carbonyl (C=O) groups is 1. The molecular weight excluding hydrogens is 460 g/mol. The van der Waals surface area contributed by atoms with Crippen LogP contribution in [0.1, 0.15) is 23.6 Å². The minimum atomic E-state index is -1.30. The minimum Gasteiger partial charge on any atom is -0.463 e. The molecule has 1 fully saturated rings. The lowest BCUT2D eigenvalue weighted by Crippen LogP contribution is -2.61. The first-order valence-corrected chi connectivity index (χ1v) is 12.0. The van der Waals surface area contributed by atoms with Gasteiger partial charge >= 0.3 is 5.97 Å². The third-order valence-electron chi connectivity index (χ3n) is 5.92. The van der Waals surface area contributed by atoms with Crippen molar-refractivity contribution in [3.63, 3.8) is 0 Å². The molecule has 0 bridgehead atoms. The number of aliphatic hydroxyl groups excluding tert-OH is 1. The second kappa shape index (κ2) is 13.3. The maximum absolute atomic E-state index is 11.5. The molecule has 1 saturated heterocycles. The van der Waals surface area contributed by atoms with E-state index in [1.165, 1.54) is 6.92 Å². The van der Waals surface area contributed by atoms with Gasteiger partial charge in [0, 0.05) is 6.92 Å². The summed E-state index contributed by atoms with van der Waals surface area (Å²) in [4.78, 5) is 11.5. The molecule has 0 saturated carbocycles. The van der Waals surface area contributed by atoms with Crippen LogP contribution in [-0.4, -0.2) is 48.4 Å². The average molecular weight is 493 g/mol. The van der Waals surface area contributed by atoms with Crippen LogP contribution in [0.5, 0.6) is 0 Å². The van der Waals surface area contributed by atoms with Gasteiger partial charge in [-0.15, -0.1) is 0 Å². The molecule has 0 radical (unpaired) electrons. The number of rotatable bonds is 11. The maximum Gasteiger partial charge on any atom is 0.302 e. The average Bonchev–Trinajstić information content (AvgIpc) is 2.91. The van der Waals surface area contributed by atoms with Gasteiger partial charge < -0.3 is 28.8 Å². The van der Waals surface area contributed by atoms with Gasteiger partial charge in [0.1, 0.15) is 31.0 Å². The van der Waals surface area contributed by atoms with Gasteiger partial charge in [0.25, 0.3) is 0 Å². The highest BCUT2D eigenvalue weighted by atomic mass is 16.7. The molecule has 1 N–H and O–H groups in total. The van der Waals surface area contributed by atoms with Crippen molar-refractivity contribution in [1.82, 2.24) is 0 Å². The van der Waals surface area contributed by atoms with E-state index >= 15 is 0 Å². The molecule has 1 aliphatic heterocycles. The molecule has 1 heterocycles. The Kier molecular flexibility index (Phi) is 9.61. The largest absolute Gasteiger partial charge is 0.463 e. The summed E-state index contributed by atoms with van der Waals surface area (Å²) in [6.45, 7) is 2.08. The highest BCUT2D eigenvalue weighted by molar-refractivity contribution is 5.65. The third-order valence-corrected chi connectivity index (χ3v) is 5.92. The zero-order valence-corrected chi connectivity index (χ0v) is 20.3. The summed E-state index contributed by atoms with van der Waals surface area (Å²) in [6, 6.07) is 29.2. The van der Waals surface area contributed by atoms with Crippen LogP contribution >= 0.6 is 0 Å². The zero-order chi connectivity index (χ0) is 25.2. The molecule has 36 heavy (non-hydrogen) atoms. The molecule has 0 spiro atoms. The van der Waals surface area contributed by atoms with Crippen LogP contribution in [-0.2, 0) is 48.3 Å². The van der Waals surface area contributed by atoms with Gasteiger partial charge in [-0.3, -0.25) is 4.79 Å². The number of ether oxygens (including phenoxy) is 5. The lowest BCUT2D eigenvalue weighted by atomic mass is 9.98. The fourth-order valence-corrected chi connectivity index (χ4v) is 4.10. The summed E-state index contributed by atoms with van der Waals surface area (Å²) in [5, 5.41) is 10.9. The van der Waals surface area contributed by atoms with Gasteiger partial charge in [0.2, 0.25) is 0 Å². The van der Waals surface area contributed by atoms with Crippen molar-refractivity contribution < 1.29 is 33.6 Å². The van der Waals surface area contributed by atoms with E-state index in [9.17, 15) is 9.90 Å². The van der Waals surface area contributed by atoms with Crippen molar-refractivity contribution in [3.8, 4) is 0 Å². The van der Waals surface area contributed by atoms with E-state index in [2.05, 4.69) is 0 Å². The van der Waals surface area contributed by atoms with E-state index in [1.54, 1.807) is 0 Å². The van der Waals surface area contributed by atoms with Crippen molar-refractivity contribution in [2.45, 2.75) is 57.5 Å². The Balaban J connectivity index is 1.57. The van der Waals surface area contributed by atoms with Crippen LogP contribution in [0, 0.1) is 0 Å². The van der Waals surface area contributed by atoms with Crippen LogP contribution in [0.15, 0.2) is 91.0 Å². The van der Waals surface area contributed by atoms with Gasteiger partial charge in [0.15, 0.2) is 6.29 Å². The Hall–Kier alpha value is -3.07.